The molecule has 1 aliphatic rings. The molecule has 3 nitrogen and oxygen atoms in total. The fourth-order valence-electron chi connectivity index (χ4n) is 2.94. The fraction of sp³-hybridized carbons (Fsp3) is 0.611. The summed E-state index contributed by atoms with van der Waals surface area (Å²) in [7, 11) is 0. The Kier molecular flexibility index (Phi) is 7.46. The lowest BCUT2D eigenvalue weighted by atomic mass is 10.2. The number of unbranched alkanes of at least 4 members (excludes halogenated alkanes) is 2. The molecule has 0 radical (unpaired) electrons. The zero-order chi connectivity index (χ0) is 16.5. The van der Waals surface area contributed by atoms with Crippen molar-refractivity contribution in [2.75, 3.05) is 26.2 Å². The van der Waals surface area contributed by atoms with Gasteiger partial charge in [-0.25, -0.2) is 8.78 Å². The zero-order valence-corrected chi connectivity index (χ0v) is 13.6. The second-order valence-corrected chi connectivity index (χ2v) is 6.20. The third kappa shape index (κ3) is 6.26. The van der Waals surface area contributed by atoms with E-state index in [9.17, 15) is 13.6 Å². The lowest BCUT2D eigenvalue weighted by Crippen LogP contribution is -2.26. The maximum atomic E-state index is 13.1. The number of halogens is 2. The van der Waals surface area contributed by atoms with Crippen molar-refractivity contribution in [2.24, 2.45) is 0 Å². The van der Waals surface area contributed by atoms with Crippen LogP contribution in [0, 0.1) is 11.6 Å². The van der Waals surface area contributed by atoms with E-state index in [4.69, 9.17) is 0 Å². The average molecular weight is 324 g/mol. The molecule has 2 rings (SSSR count). The molecule has 1 fully saturated rings. The summed E-state index contributed by atoms with van der Waals surface area (Å²) in [6.07, 6.45) is 8.44. The van der Waals surface area contributed by atoms with E-state index in [0.717, 1.165) is 37.9 Å². The van der Waals surface area contributed by atoms with Gasteiger partial charge in [0.1, 0.15) is 0 Å². The molecule has 1 N–H and O–H groups in total. The normalized spacial score (nSPS) is 16.1. The average Bonchev–Trinajstić information content (AvgIpc) is 2.82. The highest BCUT2D eigenvalue weighted by Crippen LogP contribution is 2.11. The molecule has 0 spiro atoms. The first-order valence-electron chi connectivity index (χ1n) is 8.62. The van der Waals surface area contributed by atoms with Crippen LogP contribution >= 0.6 is 0 Å². The minimum atomic E-state index is -0.991. The van der Waals surface area contributed by atoms with Gasteiger partial charge in [0.2, 0.25) is 0 Å². The van der Waals surface area contributed by atoms with Crippen molar-refractivity contribution in [3.8, 4) is 0 Å². The molecule has 1 saturated heterocycles. The first-order valence-corrected chi connectivity index (χ1v) is 8.62. The van der Waals surface area contributed by atoms with Gasteiger partial charge >= 0.3 is 0 Å². The van der Waals surface area contributed by atoms with Gasteiger partial charge in [0, 0.05) is 12.1 Å². The van der Waals surface area contributed by atoms with E-state index in [2.05, 4.69) is 10.2 Å². The molecule has 1 heterocycles. The number of benzene rings is 1. The fourth-order valence-corrected chi connectivity index (χ4v) is 2.94. The molecule has 128 valence electrons. The van der Waals surface area contributed by atoms with E-state index < -0.39 is 11.6 Å². The smallest absolute Gasteiger partial charge is 0.251 e. The molecular formula is C18H26F2N2O. The zero-order valence-electron chi connectivity index (χ0n) is 13.6. The van der Waals surface area contributed by atoms with Gasteiger partial charge in [-0.15, -0.1) is 0 Å². The minimum Gasteiger partial charge on any atom is -0.352 e. The monoisotopic (exact) mass is 324 g/mol. The quantitative estimate of drug-likeness (QED) is 0.775. The van der Waals surface area contributed by atoms with Crippen LogP contribution in [0.15, 0.2) is 18.2 Å². The predicted molar refractivity (Wildman–Crippen MR) is 87.5 cm³/mol. The summed E-state index contributed by atoms with van der Waals surface area (Å²) < 4.78 is 25.9. The van der Waals surface area contributed by atoms with Gasteiger partial charge in [0.05, 0.1) is 0 Å². The van der Waals surface area contributed by atoms with Gasteiger partial charge in [-0.3, -0.25) is 4.79 Å². The van der Waals surface area contributed by atoms with Gasteiger partial charge in [0.25, 0.3) is 5.91 Å². The van der Waals surface area contributed by atoms with Crippen molar-refractivity contribution < 1.29 is 13.6 Å². The summed E-state index contributed by atoms with van der Waals surface area (Å²) in [4.78, 5) is 14.4. The van der Waals surface area contributed by atoms with Gasteiger partial charge in [0.15, 0.2) is 11.6 Å². The number of nitrogens with zero attached hydrogens (tertiary/aromatic N) is 1. The van der Waals surface area contributed by atoms with Crippen LogP contribution in [0.3, 0.4) is 0 Å². The maximum Gasteiger partial charge on any atom is 0.251 e. The van der Waals surface area contributed by atoms with Gasteiger partial charge in [-0.05, 0) is 63.5 Å². The molecule has 0 aliphatic carbocycles. The summed E-state index contributed by atoms with van der Waals surface area (Å²) >= 11 is 0. The Morgan fingerprint density at radius 1 is 1.00 bits per heavy atom. The second kappa shape index (κ2) is 9.60. The molecule has 0 aromatic heterocycles. The second-order valence-electron chi connectivity index (χ2n) is 6.20. The van der Waals surface area contributed by atoms with Gasteiger partial charge in [-0.2, -0.15) is 0 Å². The molecular weight excluding hydrogens is 298 g/mol. The van der Waals surface area contributed by atoms with Crippen molar-refractivity contribution in [3.63, 3.8) is 0 Å². The summed E-state index contributed by atoms with van der Waals surface area (Å²) in [5, 5.41) is 2.75. The lowest BCUT2D eigenvalue weighted by Gasteiger charge is -2.19. The highest BCUT2D eigenvalue weighted by atomic mass is 19.2. The Balaban J connectivity index is 1.57. The van der Waals surface area contributed by atoms with Crippen LogP contribution in [0.5, 0.6) is 0 Å². The number of amides is 1. The van der Waals surface area contributed by atoms with E-state index in [1.54, 1.807) is 0 Å². The van der Waals surface area contributed by atoms with E-state index >= 15 is 0 Å². The summed E-state index contributed by atoms with van der Waals surface area (Å²) in [5.74, 6) is -2.28. The SMILES string of the molecule is O=C(NCCCCCN1CCCCCC1)c1ccc(F)c(F)c1. The molecule has 23 heavy (non-hydrogen) atoms. The number of hydrogen-bond donors (Lipinski definition) is 1. The van der Waals surface area contributed by atoms with Crippen LogP contribution in [0.4, 0.5) is 8.78 Å². The number of hydrogen-bond acceptors (Lipinski definition) is 2. The van der Waals surface area contributed by atoms with E-state index in [0.29, 0.717) is 6.54 Å². The van der Waals surface area contributed by atoms with Crippen LogP contribution in [-0.2, 0) is 0 Å². The molecule has 1 aliphatic heterocycles. The molecule has 5 heteroatoms. The maximum absolute atomic E-state index is 13.1. The van der Waals surface area contributed by atoms with E-state index in [1.165, 1.54) is 44.8 Å². The summed E-state index contributed by atoms with van der Waals surface area (Å²) in [6.45, 7) is 4.13. The largest absolute Gasteiger partial charge is 0.352 e. The Morgan fingerprint density at radius 3 is 2.43 bits per heavy atom. The number of nitrogens with one attached hydrogen (secondary N) is 1. The molecule has 1 aromatic carbocycles. The van der Waals surface area contributed by atoms with Crippen molar-refractivity contribution in [3.05, 3.63) is 35.4 Å². The molecule has 1 aromatic rings. The number of carbonyl (C=O) groups is 1. The predicted octanol–water partition coefficient (Wildman–Crippen LogP) is 3.74. The van der Waals surface area contributed by atoms with Crippen LogP contribution in [0.1, 0.15) is 55.3 Å². The van der Waals surface area contributed by atoms with Crippen LogP contribution < -0.4 is 5.32 Å². The Bertz CT molecular complexity index is 500. The first kappa shape index (κ1) is 17.9. The first-order chi connectivity index (χ1) is 11.2. The number of likely N-dealkylation sites (tertiary alicyclic amines) is 1. The minimum absolute atomic E-state index is 0.161. The number of carbonyl (C=O) groups excluding carboxylic acids is 1. The van der Waals surface area contributed by atoms with E-state index in [-0.39, 0.29) is 11.5 Å². The Labute approximate surface area is 137 Å². The lowest BCUT2D eigenvalue weighted by molar-refractivity contribution is 0.0952. The van der Waals surface area contributed by atoms with Crippen LogP contribution in [-0.4, -0.2) is 37.0 Å². The summed E-state index contributed by atoms with van der Waals surface area (Å²) in [6, 6.07) is 3.21. The molecule has 1 amide bonds. The van der Waals surface area contributed by atoms with Crippen molar-refractivity contribution in [1.82, 2.24) is 10.2 Å². The van der Waals surface area contributed by atoms with Gasteiger partial charge in [-0.1, -0.05) is 19.3 Å². The highest BCUT2D eigenvalue weighted by molar-refractivity contribution is 5.94. The topological polar surface area (TPSA) is 32.3 Å². The number of rotatable bonds is 7. The molecule has 0 unspecified atom stereocenters. The van der Waals surface area contributed by atoms with E-state index in [1.807, 2.05) is 0 Å². The highest BCUT2D eigenvalue weighted by Gasteiger charge is 2.10. The third-order valence-corrected chi connectivity index (χ3v) is 4.32. The van der Waals surface area contributed by atoms with Crippen LogP contribution in [0.25, 0.3) is 0 Å². The van der Waals surface area contributed by atoms with Crippen LogP contribution in [0.2, 0.25) is 0 Å². The molecule has 0 saturated carbocycles. The molecule has 0 bridgehead atoms. The Morgan fingerprint density at radius 2 is 1.74 bits per heavy atom. The van der Waals surface area contributed by atoms with Crippen molar-refractivity contribution >= 4 is 5.91 Å². The Hall–Kier alpha value is -1.49. The summed E-state index contributed by atoms with van der Waals surface area (Å²) in [5.41, 5.74) is 0.161. The van der Waals surface area contributed by atoms with Crippen molar-refractivity contribution in [1.29, 1.82) is 0 Å². The van der Waals surface area contributed by atoms with Crippen molar-refractivity contribution in [2.45, 2.75) is 44.9 Å². The molecule has 0 atom stereocenters. The standard InChI is InChI=1S/C18H26F2N2O/c19-16-9-8-15(14-17(16)20)18(23)21-10-4-3-7-13-22-11-5-1-2-6-12-22/h8-9,14H,1-7,10-13H2,(H,21,23). The van der Waals surface area contributed by atoms with Gasteiger partial charge < -0.3 is 10.2 Å². The third-order valence-electron chi connectivity index (χ3n) is 4.32.